The quantitative estimate of drug-likeness (QED) is 0.606. The van der Waals surface area contributed by atoms with E-state index >= 15 is 0 Å². The number of ether oxygens (including phenoxy) is 2. The Bertz CT molecular complexity index is 963. The van der Waals surface area contributed by atoms with Crippen LogP contribution < -0.4 is 20.1 Å². The molecular formula is C21H21FN4O3. The Morgan fingerprint density at radius 2 is 1.83 bits per heavy atom. The molecule has 0 radical (unpaired) electrons. The highest BCUT2D eigenvalue weighted by Crippen LogP contribution is 2.29. The molecule has 150 valence electrons. The molecular weight excluding hydrogens is 375 g/mol. The van der Waals surface area contributed by atoms with Crippen molar-refractivity contribution in [2.45, 2.75) is 6.42 Å². The Kier molecular flexibility index (Phi) is 6.57. The molecule has 0 aliphatic carbocycles. The number of amides is 1. The minimum Gasteiger partial charge on any atom is -0.497 e. The van der Waals surface area contributed by atoms with Crippen molar-refractivity contribution in [1.29, 1.82) is 0 Å². The van der Waals surface area contributed by atoms with Crippen molar-refractivity contribution < 1.29 is 18.7 Å². The molecule has 0 atom stereocenters. The molecule has 0 bridgehead atoms. The van der Waals surface area contributed by atoms with Crippen LogP contribution in [0.25, 0.3) is 0 Å². The zero-order chi connectivity index (χ0) is 20.6. The van der Waals surface area contributed by atoms with Crippen molar-refractivity contribution in [1.82, 2.24) is 9.97 Å². The minimum absolute atomic E-state index is 0.173. The van der Waals surface area contributed by atoms with Gasteiger partial charge in [0, 0.05) is 12.6 Å². The molecule has 0 spiro atoms. The monoisotopic (exact) mass is 396 g/mol. The summed E-state index contributed by atoms with van der Waals surface area (Å²) in [5.74, 6) is 0.985. The van der Waals surface area contributed by atoms with Crippen molar-refractivity contribution in [3.05, 3.63) is 71.9 Å². The van der Waals surface area contributed by atoms with Crippen LogP contribution in [0.2, 0.25) is 0 Å². The van der Waals surface area contributed by atoms with Crippen LogP contribution in [-0.4, -0.2) is 36.6 Å². The third kappa shape index (κ3) is 5.41. The van der Waals surface area contributed by atoms with E-state index in [9.17, 15) is 9.18 Å². The summed E-state index contributed by atoms with van der Waals surface area (Å²) in [4.78, 5) is 20.8. The van der Waals surface area contributed by atoms with Crippen LogP contribution in [0, 0.1) is 5.82 Å². The fourth-order valence-electron chi connectivity index (χ4n) is 2.61. The maximum Gasteiger partial charge on any atom is 0.275 e. The number of hydrogen-bond acceptors (Lipinski definition) is 6. The number of carbonyl (C=O) groups is 1. The van der Waals surface area contributed by atoms with Gasteiger partial charge in [0.15, 0.2) is 0 Å². The first-order valence-corrected chi connectivity index (χ1v) is 8.93. The van der Waals surface area contributed by atoms with Crippen LogP contribution in [0.5, 0.6) is 11.5 Å². The lowest BCUT2D eigenvalue weighted by atomic mass is 10.1. The summed E-state index contributed by atoms with van der Waals surface area (Å²) in [6, 6.07) is 11.4. The number of halogens is 1. The molecule has 8 heteroatoms. The van der Waals surface area contributed by atoms with E-state index in [0.717, 1.165) is 5.56 Å². The van der Waals surface area contributed by atoms with E-state index in [2.05, 4.69) is 20.6 Å². The van der Waals surface area contributed by atoms with Crippen molar-refractivity contribution in [2.75, 3.05) is 31.4 Å². The first kappa shape index (κ1) is 20.1. The zero-order valence-corrected chi connectivity index (χ0v) is 16.1. The molecule has 1 heterocycles. The molecule has 2 aromatic carbocycles. The number of nitrogens with one attached hydrogen (secondary N) is 2. The number of nitrogens with zero attached hydrogens (tertiary/aromatic N) is 2. The van der Waals surface area contributed by atoms with E-state index in [1.165, 1.54) is 31.6 Å². The van der Waals surface area contributed by atoms with E-state index in [1.54, 1.807) is 37.4 Å². The molecule has 2 N–H and O–H groups in total. The Balaban J connectivity index is 1.56. The second-order valence-electron chi connectivity index (χ2n) is 6.11. The molecule has 0 saturated heterocycles. The maximum atomic E-state index is 12.9. The van der Waals surface area contributed by atoms with Crippen molar-refractivity contribution in [3.63, 3.8) is 0 Å². The first-order valence-electron chi connectivity index (χ1n) is 8.93. The lowest BCUT2D eigenvalue weighted by Gasteiger charge is -2.11. The molecule has 3 rings (SSSR count). The molecule has 3 aromatic rings. The largest absolute Gasteiger partial charge is 0.497 e. The van der Waals surface area contributed by atoms with Gasteiger partial charge in [0.05, 0.1) is 32.3 Å². The van der Waals surface area contributed by atoms with Crippen LogP contribution in [0.1, 0.15) is 16.1 Å². The number of carbonyl (C=O) groups excluding carboxylic acids is 1. The highest BCUT2D eigenvalue weighted by atomic mass is 19.1. The molecule has 0 aliphatic heterocycles. The number of benzene rings is 2. The molecule has 0 saturated carbocycles. The molecule has 7 nitrogen and oxygen atoms in total. The second-order valence-corrected chi connectivity index (χ2v) is 6.11. The van der Waals surface area contributed by atoms with Gasteiger partial charge in [-0.3, -0.25) is 4.79 Å². The van der Waals surface area contributed by atoms with Gasteiger partial charge in [-0.25, -0.2) is 14.4 Å². The minimum atomic E-state index is -0.404. The lowest BCUT2D eigenvalue weighted by Crippen LogP contribution is -2.15. The third-order valence-corrected chi connectivity index (χ3v) is 4.17. The summed E-state index contributed by atoms with van der Waals surface area (Å²) < 4.78 is 23.3. The van der Waals surface area contributed by atoms with E-state index in [-0.39, 0.29) is 11.5 Å². The standard InChI is InChI=1S/C21H21FN4O3/c1-28-16-7-8-17(19(11-16)29-2)26-21(27)18-12-25-20(13-24-18)23-10-9-14-3-5-15(22)6-4-14/h3-8,11-13H,9-10H2,1-2H3,(H,23,25)(H,26,27). The Morgan fingerprint density at radius 1 is 1.03 bits per heavy atom. The smallest absolute Gasteiger partial charge is 0.275 e. The number of methoxy groups -OCH3 is 2. The number of rotatable bonds is 8. The SMILES string of the molecule is COc1ccc(NC(=O)c2cnc(NCCc3ccc(F)cc3)cn2)c(OC)c1. The molecule has 1 aromatic heterocycles. The number of anilines is 2. The Morgan fingerprint density at radius 3 is 2.48 bits per heavy atom. The Hall–Kier alpha value is -3.68. The highest BCUT2D eigenvalue weighted by molar-refractivity contribution is 6.03. The van der Waals surface area contributed by atoms with Crippen LogP contribution in [-0.2, 0) is 6.42 Å². The van der Waals surface area contributed by atoms with E-state index in [0.29, 0.717) is 36.0 Å². The van der Waals surface area contributed by atoms with Gasteiger partial charge in [-0.1, -0.05) is 12.1 Å². The van der Waals surface area contributed by atoms with Gasteiger partial charge in [-0.2, -0.15) is 0 Å². The summed E-state index contributed by atoms with van der Waals surface area (Å²) >= 11 is 0. The summed E-state index contributed by atoms with van der Waals surface area (Å²) in [5, 5.41) is 5.87. The van der Waals surface area contributed by atoms with Crippen LogP contribution in [0.3, 0.4) is 0 Å². The normalized spacial score (nSPS) is 10.3. The van der Waals surface area contributed by atoms with Gasteiger partial charge >= 0.3 is 0 Å². The molecule has 0 unspecified atom stereocenters. The first-order chi connectivity index (χ1) is 14.1. The van der Waals surface area contributed by atoms with Gasteiger partial charge in [-0.05, 0) is 36.2 Å². The van der Waals surface area contributed by atoms with E-state index in [4.69, 9.17) is 9.47 Å². The molecule has 1 amide bonds. The topological polar surface area (TPSA) is 85.4 Å². The third-order valence-electron chi connectivity index (χ3n) is 4.17. The Labute approximate surface area is 167 Å². The van der Waals surface area contributed by atoms with Crippen molar-refractivity contribution in [3.8, 4) is 11.5 Å². The predicted octanol–water partition coefficient (Wildman–Crippen LogP) is 3.54. The van der Waals surface area contributed by atoms with Crippen LogP contribution in [0.15, 0.2) is 54.9 Å². The van der Waals surface area contributed by atoms with Crippen LogP contribution >= 0.6 is 0 Å². The zero-order valence-electron chi connectivity index (χ0n) is 16.1. The van der Waals surface area contributed by atoms with Crippen molar-refractivity contribution in [2.24, 2.45) is 0 Å². The van der Waals surface area contributed by atoms with Gasteiger partial charge in [0.2, 0.25) is 0 Å². The molecule has 0 fully saturated rings. The van der Waals surface area contributed by atoms with E-state index in [1.807, 2.05) is 0 Å². The van der Waals surface area contributed by atoms with Gasteiger partial charge in [0.1, 0.15) is 28.8 Å². The summed E-state index contributed by atoms with van der Waals surface area (Å²) in [6.45, 7) is 0.606. The molecule has 0 aliphatic rings. The summed E-state index contributed by atoms with van der Waals surface area (Å²) in [7, 11) is 3.06. The average Bonchev–Trinajstić information content (AvgIpc) is 2.76. The summed E-state index contributed by atoms with van der Waals surface area (Å²) in [5.41, 5.74) is 1.69. The molecule has 29 heavy (non-hydrogen) atoms. The number of aromatic nitrogens is 2. The lowest BCUT2D eigenvalue weighted by molar-refractivity contribution is 0.102. The second kappa shape index (κ2) is 9.50. The highest BCUT2D eigenvalue weighted by Gasteiger charge is 2.12. The fourth-order valence-corrected chi connectivity index (χ4v) is 2.61. The predicted molar refractivity (Wildman–Crippen MR) is 108 cm³/mol. The van der Waals surface area contributed by atoms with Gasteiger partial charge < -0.3 is 20.1 Å². The van der Waals surface area contributed by atoms with Crippen LogP contribution in [0.4, 0.5) is 15.9 Å². The summed E-state index contributed by atoms with van der Waals surface area (Å²) in [6.07, 6.45) is 3.60. The van der Waals surface area contributed by atoms with Gasteiger partial charge in [0.25, 0.3) is 5.91 Å². The average molecular weight is 396 g/mol. The maximum absolute atomic E-state index is 12.9. The van der Waals surface area contributed by atoms with E-state index < -0.39 is 5.91 Å². The fraction of sp³-hybridized carbons (Fsp3) is 0.190. The van der Waals surface area contributed by atoms with Gasteiger partial charge in [-0.15, -0.1) is 0 Å². The number of hydrogen-bond donors (Lipinski definition) is 2. The van der Waals surface area contributed by atoms with Crippen molar-refractivity contribution >= 4 is 17.4 Å².